The summed E-state index contributed by atoms with van der Waals surface area (Å²) >= 11 is 0. The second kappa shape index (κ2) is 3.34. The average molecular weight is 202 g/mol. The number of rotatable bonds is 3. The Morgan fingerprint density at radius 3 is 1.25 bits per heavy atom. The molecule has 4 heteroatoms. The van der Waals surface area contributed by atoms with Gasteiger partial charge in [-0.3, -0.25) is 10.5 Å². The first kappa shape index (κ1) is 11.9. The maximum Gasteiger partial charge on any atom is 0.236 e. The van der Waals surface area contributed by atoms with Crippen molar-refractivity contribution < 1.29 is 4.79 Å². The molecule has 0 fully saturated rings. The zero-order valence-electron chi connectivity index (χ0n) is 8.99. The predicted molar refractivity (Wildman–Crippen MR) is 58.5 cm³/mol. The van der Waals surface area contributed by atoms with E-state index >= 15 is 0 Å². The minimum atomic E-state index is -1.46. The summed E-state index contributed by atoms with van der Waals surface area (Å²) in [5.41, 5.74) is 7.28. The molecule has 0 spiro atoms. The molecular weight excluding hydrogens is 182 g/mol. The number of amides is 1. The molecule has 1 N–H and O–H groups in total. The topological polar surface area (TPSA) is 40.9 Å². The molecule has 0 aliphatic heterocycles. The Balaban J connectivity index is 4.82. The van der Waals surface area contributed by atoms with Gasteiger partial charge in [0.25, 0.3) is 0 Å². The normalized spacial score (nSPS) is 13.6. The first-order valence-corrected chi connectivity index (χ1v) is 11.5. The number of hydrogen-bond donors (Lipinski definition) is 0. The average Bonchev–Trinajstić information content (AvgIpc) is 1.49. The SMILES string of the molecule is C[Si](C)(C)C(C([NH])=O)[Si](C)(C)C. The van der Waals surface area contributed by atoms with Crippen molar-refractivity contribution in [1.82, 2.24) is 5.73 Å². The molecule has 0 bridgehead atoms. The third-order valence-corrected chi connectivity index (χ3v) is 11.2. The van der Waals surface area contributed by atoms with Gasteiger partial charge in [0.05, 0.1) is 16.1 Å². The van der Waals surface area contributed by atoms with Crippen LogP contribution in [0.4, 0.5) is 0 Å². The molecule has 0 aliphatic rings. The van der Waals surface area contributed by atoms with Gasteiger partial charge in [0.15, 0.2) is 0 Å². The number of carbonyl (C=O) groups excluding carboxylic acids is 1. The standard InChI is InChI=1S/C8H20NOSi2/c1-11(2,3)8(7(9)10)12(4,5)6/h8-9H,1-6H3. The highest BCUT2D eigenvalue weighted by atomic mass is 28.4. The Kier molecular flexibility index (Phi) is 3.31. The summed E-state index contributed by atoms with van der Waals surface area (Å²) in [6.07, 6.45) is 0. The van der Waals surface area contributed by atoms with E-state index in [9.17, 15) is 4.79 Å². The first-order chi connectivity index (χ1) is 5.07. The lowest BCUT2D eigenvalue weighted by Gasteiger charge is -2.35. The van der Waals surface area contributed by atoms with Crippen LogP contribution in [-0.2, 0) is 4.79 Å². The van der Waals surface area contributed by atoms with Crippen LogP contribution < -0.4 is 5.73 Å². The Morgan fingerprint density at radius 2 is 1.25 bits per heavy atom. The summed E-state index contributed by atoms with van der Waals surface area (Å²) in [4.78, 5) is 11.2. The fourth-order valence-corrected chi connectivity index (χ4v) is 14.1. The van der Waals surface area contributed by atoms with Crippen molar-refractivity contribution in [2.24, 2.45) is 0 Å². The van der Waals surface area contributed by atoms with Gasteiger partial charge in [-0.2, -0.15) is 0 Å². The molecule has 0 aromatic rings. The second-order valence-electron chi connectivity index (χ2n) is 5.53. The summed E-state index contributed by atoms with van der Waals surface area (Å²) in [5.74, 6) is -0.326. The van der Waals surface area contributed by atoms with Gasteiger partial charge < -0.3 is 0 Å². The van der Waals surface area contributed by atoms with Crippen molar-refractivity contribution in [1.29, 1.82) is 0 Å². The Bertz CT molecular complexity index is 164. The summed E-state index contributed by atoms with van der Waals surface area (Å²) < 4.78 is 0. The van der Waals surface area contributed by atoms with Gasteiger partial charge in [0.1, 0.15) is 0 Å². The number of carbonyl (C=O) groups is 1. The molecule has 0 unspecified atom stereocenters. The van der Waals surface area contributed by atoms with Crippen molar-refractivity contribution in [3.63, 3.8) is 0 Å². The van der Waals surface area contributed by atoms with Gasteiger partial charge in [-0.15, -0.1) is 0 Å². The molecule has 0 aromatic heterocycles. The van der Waals surface area contributed by atoms with Crippen LogP contribution in [0.1, 0.15) is 0 Å². The van der Waals surface area contributed by atoms with Gasteiger partial charge in [0.2, 0.25) is 5.91 Å². The molecule has 0 saturated carbocycles. The molecule has 0 heterocycles. The van der Waals surface area contributed by atoms with Crippen LogP contribution in [0.25, 0.3) is 0 Å². The van der Waals surface area contributed by atoms with E-state index in [1.807, 2.05) is 0 Å². The van der Waals surface area contributed by atoms with Crippen LogP contribution in [0, 0.1) is 0 Å². The van der Waals surface area contributed by atoms with E-state index in [1.165, 1.54) is 0 Å². The maximum absolute atomic E-state index is 11.2. The summed E-state index contributed by atoms with van der Waals surface area (Å²) in [6.45, 7) is 13.1. The van der Waals surface area contributed by atoms with Crippen LogP contribution >= 0.6 is 0 Å². The third-order valence-electron chi connectivity index (χ3n) is 1.99. The quantitative estimate of drug-likeness (QED) is 0.648. The van der Waals surface area contributed by atoms with E-state index in [0.717, 1.165) is 0 Å². The summed E-state index contributed by atoms with van der Waals surface area (Å²) in [7, 11) is -2.92. The van der Waals surface area contributed by atoms with E-state index in [1.54, 1.807) is 0 Å². The van der Waals surface area contributed by atoms with Gasteiger partial charge in [-0.25, -0.2) is 0 Å². The fourth-order valence-electron chi connectivity index (χ4n) is 2.09. The molecule has 0 aliphatic carbocycles. The van der Waals surface area contributed by atoms with Gasteiger partial charge in [-0.1, -0.05) is 39.3 Å². The van der Waals surface area contributed by atoms with Gasteiger partial charge in [0, 0.05) is 5.16 Å². The van der Waals surface area contributed by atoms with Crippen molar-refractivity contribution in [2.45, 2.75) is 44.4 Å². The molecule has 0 atom stereocenters. The minimum absolute atomic E-state index is 0.0880. The monoisotopic (exact) mass is 202 g/mol. The lowest BCUT2D eigenvalue weighted by atomic mass is 10.7. The number of hydrogen-bond acceptors (Lipinski definition) is 1. The molecule has 12 heavy (non-hydrogen) atoms. The van der Waals surface area contributed by atoms with E-state index < -0.39 is 16.1 Å². The van der Waals surface area contributed by atoms with Crippen LogP contribution in [0.15, 0.2) is 0 Å². The molecule has 71 valence electrons. The van der Waals surface area contributed by atoms with Crippen LogP contribution in [0.5, 0.6) is 0 Å². The first-order valence-electron chi connectivity index (χ1n) is 4.32. The van der Waals surface area contributed by atoms with E-state index in [0.29, 0.717) is 0 Å². The Hall–Kier alpha value is -0.0962. The van der Waals surface area contributed by atoms with Gasteiger partial charge in [-0.05, 0) is 0 Å². The molecule has 0 rings (SSSR count). The predicted octanol–water partition coefficient (Wildman–Crippen LogP) is 2.38. The van der Waals surface area contributed by atoms with E-state index in [2.05, 4.69) is 39.3 Å². The van der Waals surface area contributed by atoms with Crippen molar-refractivity contribution >= 4 is 22.1 Å². The fraction of sp³-hybridized carbons (Fsp3) is 0.875. The largest absolute Gasteiger partial charge is 0.274 e. The van der Waals surface area contributed by atoms with Crippen LogP contribution in [-0.4, -0.2) is 22.1 Å². The van der Waals surface area contributed by atoms with Crippen molar-refractivity contribution in [2.75, 3.05) is 0 Å². The molecule has 0 aromatic carbocycles. The van der Waals surface area contributed by atoms with Crippen LogP contribution in [0.2, 0.25) is 44.4 Å². The van der Waals surface area contributed by atoms with E-state index in [-0.39, 0.29) is 11.1 Å². The highest BCUT2D eigenvalue weighted by Gasteiger charge is 2.41. The molecule has 0 saturated heterocycles. The Morgan fingerprint density at radius 1 is 1.00 bits per heavy atom. The van der Waals surface area contributed by atoms with E-state index in [4.69, 9.17) is 5.73 Å². The molecule has 1 amide bonds. The maximum atomic E-state index is 11.2. The smallest absolute Gasteiger partial charge is 0.236 e. The highest BCUT2D eigenvalue weighted by molar-refractivity contribution is 6.99. The second-order valence-corrected chi connectivity index (χ2v) is 16.7. The third kappa shape index (κ3) is 3.10. The molecule has 2 nitrogen and oxygen atoms in total. The van der Waals surface area contributed by atoms with Gasteiger partial charge >= 0.3 is 0 Å². The molecular formula is C8H20NOSi2. The number of nitrogens with one attached hydrogen (secondary N) is 1. The lowest BCUT2D eigenvalue weighted by Crippen LogP contribution is -2.48. The lowest BCUT2D eigenvalue weighted by molar-refractivity contribution is -0.117. The minimum Gasteiger partial charge on any atom is -0.274 e. The van der Waals surface area contributed by atoms with Crippen LogP contribution in [0.3, 0.4) is 0 Å². The summed E-state index contributed by atoms with van der Waals surface area (Å²) in [5, 5.41) is 0.0880. The molecule has 1 radical (unpaired) electrons. The highest BCUT2D eigenvalue weighted by Crippen LogP contribution is 2.31. The zero-order chi connectivity index (χ0) is 10.2. The van der Waals surface area contributed by atoms with Crippen molar-refractivity contribution in [3.8, 4) is 0 Å². The zero-order valence-corrected chi connectivity index (χ0v) is 11.0. The Labute approximate surface area is 77.6 Å². The summed E-state index contributed by atoms with van der Waals surface area (Å²) in [6, 6.07) is 0. The van der Waals surface area contributed by atoms with Crippen molar-refractivity contribution in [3.05, 3.63) is 0 Å².